The minimum absolute atomic E-state index is 0.250. The highest BCUT2D eigenvalue weighted by Gasteiger charge is 2.15. The van der Waals surface area contributed by atoms with E-state index in [0.717, 1.165) is 23.0 Å². The maximum absolute atomic E-state index is 5.96. The van der Waals surface area contributed by atoms with Gasteiger partial charge in [0.25, 0.3) is 0 Å². The van der Waals surface area contributed by atoms with E-state index in [1.165, 1.54) is 11.1 Å². The molecule has 20 heavy (non-hydrogen) atoms. The lowest BCUT2D eigenvalue weighted by Crippen LogP contribution is -2.24. The number of nitrogens with zero attached hydrogens (tertiary/aromatic N) is 1. The Hall–Kier alpha value is -1.39. The van der Waals surface area contributed by atoms with Gasteiger partial charge in [0.2, 0.25) is 0 Å². The number of hydrogen-bond donors (Lipinski definition) is 2. The molecule has 0 aliphatic heterocycles. The Morgan fingerprint density at radius 1 is 1.35 bits per heavy atom. The molecule has 0 bridgehead atoms. The summed E-state index contributed by atoms with van der Waals surface area (Å²) in [6.45, 7) is 5.17. The fraction of sp³-hybridized carbons (Fsp3) is 0.312. The number of hydrogen-bond acceptors (Lipinski definition) is 3. The molecule has 0 fully saturated rings. The van der Waals surface area contributed by atoms with Crippen LogP contribution in [0.3, 0.4) is 0 Å². The molecule has 1 aromatic carbocycles. The van der Waals surface area contributed by atoms with Crippen molar-refractivity contribution >= 4 is 21.7 Å². The van der Waals surface area contributed by atoms with Gasteiger partial charge in [-0.15, -0.1) is 0 Å². The molecule has 4 heteroatoms. The molecule has 106 valence electrons. The summed E-state index contributed by atoms with van der Waals surface area (Å²) in [5.41, 5.74) is 9.62. The van der Waals surface area contributed by atoms with E-state index in [9.17, 15) is 0 Å². The highest BCUT2D eigenvalue weighted by Crippen LogP contribution is 2.25. The Bertz CT molecular complexity index is 584. The highest BCUT2D eigenvalue weighted by molar-refractivity contribution is 9.10. The molecule has 1 unspecified atom stereocenters. The molecule has 1 atom stereocenters. The summed E-state index contributed by atoms with van der Waals surface area (Å²) < 4.78 is 1.11. The van der Waals surface area contributed by atoms with E-state index in [0.29, 0.717) is 5.82 Å². The van der Waals surface area contributed by atoms with Crippen LogP contribution in [0.5, 0.6) is 0 Å². The molecule has 3 nitrogen and oxygen atoms in total. The molecule has 0 spiro atoms. The third-order valence-corrected chi connectivity index (χ3v) is 3.90. The number of rotatable bonds is 5. The van der Waals surface area contributed by atoms with Crippen molar-refractivity contribution in [2.24, 2.45) is 0 Å². The number of pyridine rings is 1. The van der Waals surface area contributed by atoms with Crippen LogP contribution in [0.2, 0.25) is 0 Å². The average Bonchev–Trinajstić information content (AvgIpc) is 2.41. The Morgan fingerprint density at radius 2 is 2.15 bits per heavy atom. The van der Waals surface area contributed by atoms with Gasteiger partial charge in [-0.2, -0.15) is 0 Å². The van der Waals surface area contributed by atoms with Crippen molar-refractivity contribution in [3.05, 3.63) is 57.7 Å². The van der Waals surface area contributed by atoms with E-state index in [-0.39, 0.29) is 6.04 Å². The quantitative estimate of drug-likeness (QED) is 0.878. The van der Waals surface area contributed by atoms with Crippen LogP contribution in [0.15, 0.2) is 41.0 Å². The van der Waals surface area contributed by atoms with E-state index < -0.39 is 0 Å². The number of nitrogens with one attached hydrogen (secondary N) is 1. The van der Waals surface area contributed by atoms with Crippen molar-refractivity contribution in [3.8, 4) is 0 Å². The fourth-order valence-corrected chi connectivity index (χ4v) is 2.89. The first-order valence-electron chi connectivity index (χ1n) is 6.80. The predicted octanol–water partition coefficient (Wildman–Crippen LogP) is 3.63. The Labute approximate surface area is 128 Å². The van der Waals surface area contributed by atoms with Gasteiger partial charge in [-0.25, -0.2) is 4.98 Å². The van der Waals surface area contributed by atoms with Crippen LogP contribution < -0.4 is 11.1 Å². The predicted molar refractivity (Wildman–Crippen MR) is 87.7 cm³/mol. The molecular weight excluding hydrogens is 314 g/mol. The van der Waals surface area contributed by atoms with Crippen molar-refractivity contribution in [2.45, 2.75) is 26.3 Å². The second-order valence-corrected chi connectivity index (χ2v) is 5.78. The molecule has 0 aliphatic carbocycles. The molecule has 2 aromatic rings. The lowest BCUT2D eigenvalue weighted by Gasteiger charge is -2.21. The topological polar surface area (TPSA) is 50.9 Å². The summed E-state index contributed by atoms with van der Waals surface area (Å²) >= 11 is 3.51. The maximum atomic E-state index is 5.96. The van der Waals surface area contributed by atoms with Crippen LogP contribution in [-0.4, -0.2) is 11.5 Å². The Kier molecular flexibility index (Phi) is 5.15. The van der Waals surface area contributed by atoms with E-state index in [4.69, 9.17) is 5.73 Å². The first-order chi connectivity index (χ1) is 9.61. The third kappa shape index (κ3) is 3.58. The van der Waals surface area contributed by atoms with Crippen molar-refractivity contribution in [1.82, 2.24) is 10.3 Å². The summed E-state index contributed by atoms with van der Waals surface area (Å²) in [7, 11) is 0. The van der Waals surface area contributed by atoms with Crippen LogP contribution in [0, 0.1) is 6.92 Å². The van der Waals surface area contributed by atoms with Crippen molar-refractivity contribution in [3.63, 3.8) is 0 Å². The number of benzene rings is 1. The SMILES string of the molecule is CCNC(Cc1cccnc1N)c1ccc(Br)cc1C. The van der Waals surface area contributed by atoms with Crippen molar-refractivity contribution in [2.75, 3.05) is 12.3 Å². The monoisotopic (exact) mass is 333 g/mol. The molecular formula is C16H20BrN3. The average molecular weight is 334 g/mol. The normalized spacial score (nSPS) is 12.3. The highest BCUT2D eigenvalue weighted by atomic mass is 79.9. The summed E-state index contributed by atoms with van der Waals surface area (Å²) in [5, 5.41) is 3.54. The number of nitrogens with two attached hydrogens (primary N) is 1. The van der Waals surface area contributed by atoms with Crippen LogP contribution >= 0.6 is 15.9 Å². The minimum atomic E-state index is 0.250. The minimum Gasteiger partial charge on any atom is -0.383 e. The summed E-state index contributed by atoms with van der Waals surface area (Å²) in [4.78, 5) is 4.17. The standard InChI is InChI=1S/C16H20BrN3/c1-3-19-15(10-12-5-4-8-20-16(12)18)14-7-6-13(17)9-11(14)2/h4-9,15,19H,3,10H2,1-2H3,(H2,18,20). The largest absolute Gasteiger partial charge is 0.383 e. The zero-order valence-electron chi connectivity index (χ0n) is 11.9. The van der Waals surface area contributed by atoms with E-state index >= 15 is 0 Å². The van der Waals surface area contributed by atoms with Gasteiger partial charge in [0.15, 0.2) is 0 Å². The number of halogens is 1. The van der Waals surface area contributed by atoms with Crippen LogP contribution in [-0.2, 0) is 6.42 Å². The zero-order valence-corrected chi connectivity index (χ0v) is 13.4. The number of anilines is 1. The molecule has 1 heterocycles. The zero-order chi connectivity index (χ0) is 14.5. The lowest BCUT2D eigenvalue weighted by molar-refractivity contribution is 0.547. The van der Waals surface area contributed by atoms with Gasteiger partial charge in [0.05, 0.1) is 0 Å². The van der Waals surface area contributed by atoms with Gasteiger partial charge in [-0.1, -0.05) is 35.0 Å². The maximum Gasteiger partial charge on any atom is 0.126 e. The lowest BCUT2D eigenvalue weighted by atomic mass is 9.95. The molecule has 0 aliphatic rings. The van der Waals surface area contributed by atoms with Crippen molar-refractivity contribution in [1.29, 1.82) is 0 Å². The molecule has 0 saturated carbocycles. The summed E-state index contributed by atoms with van der Waals surface area (Å²) in [6.07, 6.45) is 2.57. The first kappa shape index (κ1) is 15.0. The third-order valence-electron chi connectivity index (χ3n) is 3.41. The summed E-state index contributed by atoms with van der Waals surface area (Å²) in [5.74, 6) is 0.616. The first-order valence-corrected chi connectivity index (χ1v) is 7.60. The molecule has 0 radical (unpaired) electrons. The van der Waals surface area contributed by atoms with E-state index in [1.54, 1.807) is 6.20 Å². The molecule has 0 amide bonds. The van der Waals surface area contributed by atoms with Gasteiger partial charge in [-0.05, 0) is 54.8 Å². The second-order valence-electron chi connectivity index (χ2n) is 4.86. The number of nitrogen functional groups attached to an aromatic ring is 1. The van der Waals surface area contributed by atoms with Gasteiger partial charge in [0, 0.05) is 16.7 Å². The van der Waals surface area contributed by atoms with Crippen LogP contribution in [0.1, 0.15) is 29.7 Å². The molecule has 0 saturated heterocycles. The Morgan fingerprint density at radius 3 is 2.80 bits per heavy atom. The van der Waals surface area contributed by atoms with Crippen LogP contribution in [0.25, 0.3) is 0 Å². The van der Waals surface area contributed by atoms with E-state index in [2.05, 4.69) is 58.3 Å². The second kappa shape index (κ2) is 6.86. The van der Waals surface area contributed by atoms with E-state index in [1.807, 2.05) is 12.1 Å². The van der Waals surface area contributed by atoms with Gasteiger partial charge >= 0.3 is 0 Å². The van der Waals surface area contributed by atoms with Gasteiger partial charge in [0.1, 0.15) is 5.82 Å². The number of likely N-dealkylation sites (N-methyl/N-ethyl adjacent to an activating group) is 1. The Balaban J connectivity index is 2.29. The number of aromatic nitrogens is 1. The van der Waals surface area contributed by atoms with Gasteiger partial charge < -0.3 is 11.1 Å². The number of aryl methyl sites for hydroxylation is 1. The molecule has 2 rings (SSSR count). The molecule has 3 N–H and O–H groups in total. The summed E-state index contributed by atoms with van der Waals surface area (Å²) in [6, 6.07) is 10.6. The van der Waals surface area contributed by atoms with Gasteiger partial charge in [-0.3, -0.25) is 0 Å². The fourth-order valence-electron chi connectivity index (χ4n) is 2.41. The van der Waals surface area contributed by atoms with Crippen LogP contribution in [0.4, 0.5) is 5.82 Å². The smallest absolute Gasteiger partial charge is 0.126 e. The molecule has 1 aromatic heterocycles. The van der Waals surface area contributed by atoms with Crippen molar-refractivity contribution < 1.29 is 0 Å².